The van der Waals surface area contributed by atoms with E-state index in [0.717, 1.165) is 36.2 Å². The van der Waals surface area contributed by atoms with Gasteiger partial charge < -0.3 is 5.32 Å². The summed E-state index contributed by atoms with van der Waals surface area (Å²) in [7, 11) is 0.530. The average molecular weight is 502 g/mol. The van der Waals surface area contributed by atoms with E-state index in [4.69, 9.17) is 0 Å². The zero-order chi connectivity index (χ0) is 24.7. The van der Waals surface area contributed by atoms with Crippen molar-refractivity contribution in [2.75, 3.05) is 36.0 Å². The van der Waals surface area contributed by atoms with E-state index in [1.807, 2.05) is 63.1 Å². The Hall–Kier alpha value is -1.83. The van der Waals surface area contributed by atoms with Crippen molar-refractivity contribution in [1.29, 1.82) is 0 Å². The molecule has 0 radical (unpaired) electrons. The smallest absolute Gasteiger partial charge is 0.257 e. The van der Waals surface area contributed by atoms with E-state index in [-0.39, 0.29) is 5.91 Å². The molecular weight excluding hydrogens is 462 g/mol. The zero-order valence-electron chi connectivity index (χ0n) is 21.2. The highest BCUT2D eigenvalue weighted by Gasteiger charge is 2.30. The maximum Gasteiger partial charge on any atom is 0.257 e. The topological polar surface area (TPSA) is 52.7 Å². The second kappa shape index (κ2) is 12.8. The Morgan fingerprint density at radius 2 is 1.65 bits per heavy atom. The first-order valence-electron chi connectivity index (χ1n) is 12.4. The average Bonchev–Trinajstić information content (AvgIpc) is 2.81. The van der Waals surface area contributed by atoms with Gasteiger partial charge in [0, 0.05) is 37.0 Å². The Morgan fingerprint density at radius 1 is 1.03 bits per heavy atom. The van der Waals surface area contributed by atoms with E-state index in [1.54, 1.807) is 17.6 Å². The largest absolute Gasteiger partial charge is 0.322 e. The third-order valence-corrected chi connectivity index (χ3v) is 8.86. The summed E-state index contributed by atoms with van der Waals surface area (Å²) in [5.74, 6) is 1.74. The van der Waals surface area contributed by atoms with Gasteiger partial charge in [-0.2, -0.15) is 0 Å². The maximum absolute atomic E-state index is 13.0. The van der Waals surface area contributed by atoms with Crippen molar-refractivity contribution in [3.63, 3.8) is 0 Å². The number of carbonyl (C=O) groups excluding carboxylic acids is 1. The van der Waals surface area contributed by atoms with Crippen molar-refractivity contribution in [1.82, 2.24) is 4.31 Å². The van der Waals surface area contributed by atoms with Gasteiger partial charge in [-0.05, 0) is 79.9 Å². The minimum Gasteiger partial charge on any atom is -0.322 e. The Kier molecular flexibility index (Phi) is 10.0. The number of rotatable bonds is 7. The lowest BCUT2D eigenvalue weighted by atomic mass is 9.72. The standard InChI is InChI=1S/C25H33N3O2S2.C2H6/c1-18-7-12-24(27(2)32(3)30)23(17-18)25(29)26-21-8-10-22(11-9-21)31-28-15-13-20(14-16-28)19-5-4-6-19;1-2/h7-12,17,19-20H,4-6,13-16H2,1-3H3,(H,26,29);1-2H3. The lowest BCUT2D eigenvalue weighted by molar-refractivity contribution is 0.102. The minimum absolute atomic E-state index is 0.195. The monoisotopic (exact) mass is 501 g/mol. The Labute approximate surface area is 212 Å². The van der Waals surface area contributed by atoms with Crippen molar-refractivity contribution in [3.8, 4) is 0 Å². The molecule has 34 heavy (non-hydrogen) atoms. The highest BCUT2D eigenvalue weighted by molar-refractivity contribution is 7.97. The fraction of sp³-hybridized carbons (Fsp3) is 0.519. The van der Waals surface area contributed by atoms with Crippen LogP contribution < -0.4 is 9.62 Å². The predicted molar refractivity (Wildman–Crippen MR) is 147 cm³/mol. The fourth-order valence-corrected chi connectivity index (χ4v) is 5.93. The van der Waals surface area contributed by atoms with Gasteiger partial charge >= 0.3 is 0 Å². The SMILES string of the molecule is CC.Cc1ccc(N(C)S(C)=O)c(C(=O)Nc2ccc(SN3CCC(C4CCC4)CC3)cc2)c1. The normalized spacial score (nSPS) is 17.8. The van der Waals surface area contributed by atoms with Crippen LogP contribution in [-0.4, -0.2) is 40.8 Å². The summed E-state index contributed by atoms with van der Waals surface area (Å²) in [6.07, 6.45) is 8.57. The molecule has 1 aliphatic carbocycles. The first-order valence-corrected chi connectivity index (χ1v) is 14.7. The van der Waals surface area contributed by atoms with Crippen LogP contribution in [0.2, 0.25) is 0 Å². The quantitative estimate of drug-likeness (QED) is 0.439. The summed E-state index contributed by atoms with van der Waals surface area (Å²) < 4.78 is 16.0. The summed E-state index contributed by atoms with van der Waals surface area (Å²) in [6.45, 7) is 8.27. The van der Waals surface area contributed by atoms with E-state index in [0.29, 0.717) is 11.3 Å². The van der Waals surface area contributed by atoms with Crippen LogP contribution in [0.25, 0.3) is 0 Å². The van der Waals surface area contributed by atoms with Gasteiger partial charge in [-0.25, -0.2) is 8.51 Å². The van der Waals surface area contributed by atoms with E-state index in [1.165, 1.54) is 37.0 Å². The van der Waals surface area contributed by atoms with Gasteiger partial charge in [0.1, 0.15) is 11.0 Å². The van der Waals surface area contributed by atoms with Crippen molar-refractivity contribution < 1.29 is 9.00 Å². The van der Waals surface area contributed by atoms with Crippen molar-refractivity contribution in [2.24, 2.45) is 11.8 Å². The fourth-order valence-electron chi connectivity index (χ4n) is 4.54. The molecule has 0 bridgehead atoms. The second-order valence-corrected chi connectivity index (χ2v) is 11.5. The third kappa shape index (κ3) is 6.86. The Morgan fingerprint density at radius 3 is 2.21 bits per heavy atom. The summed E-state index contributed by atoms with van der Waals surface area (Å²) in [6, 6.07) is 13.7. The molecule has 0 aromatic heterocycles. The lowest BCUT2D eigenvalue weighted by Gasteiger charge is -2.39. The molecule has 1 unspecified atom stereocenters. The molecule has 1 atom stereocenters. The molecule has 1 N–H and O–H groups in total. The van der Waals surface area contributed by atoms with Crippen LogP contribution in [0.3, 0.4) is 0 Å². The number of carbonyl (C=O) groups is 1. The maximum atomic E-state index is 13.0. The Bertz CT molecular complexity index is 968. The summed E-state index contributed by atoms with van der Waals surface area (Å²) >= 11 is 1.82. The van der Waals surface area contributed by atoms with E-state index >= 15 is 0 Å². The predicted octanol–water partition coefficient (Wildman–Crippen LogP) is 6.52. The molecule has 2 aromatic carbocycles. The van der Waals surface area contributed by atoms with Gasteiger partial charge in [0.2, 0.25) is 0 Å². The summed E-state index contributed by atoms with van der Waals surface area (Å²) in [4.78, 5) is 14.2. The van der Waals surface area contributed by atoms with Gasteiger partial charge in [-0.15, -0.1) is 0 Å². The molecule has 1 aliphatic heterocycles. The lowest BCUT2D eigenvalue weighted by Crippen LogP contribution is -2.34. The molecule has 5 nitrogen and oxygen atoms in total. The molecule has 1 heterocycles. The molecule has 2 aliphatic rings. The van der Waals surface area contributed by atoms with Crippen LogP contribution in [0.15, 0.2) is 47.4 Å². The number of piperidine rings is 1. The van der Waals surface area contributed by atoms with E-state index < -0.39 is 11.0 Å². The van der Waals surface area contributed by atoms with E-state index in [2.05, 4.69) is 21.8 Å². The number of amides is 1. The molecule has 1 saturated heterocycles. The van der Waals surface area contributed by atoms with Crippen molar-refractivity contribution in [3.05, 3.63) is 53.6 Å². The van der Waals surface area contributed by atoms with Crippen LogP contribution in [0.1, 0.15) is 61.9 Å². The zero-order valence-corrected chi connectivity index (χ0v) is 22.8. The highest BCUT2D eigenvalue weighted by atomic mass is 32.2. The van der Waals surface area contributed by atoms with Gasteiger partial charge in [-0.3, -0.25) is 9.10 Å². The van der Waals surface area contributed by atoms with Crippen LogP contribution in [0, 0.1) is 18.8 Å². The number of nitrogens with one attached hydrogen (secondary N) is 1. The molecule has 1 amide bonds. The van der Waals surface area contributed by atoms with Gasteiger partial charge in [0.15, 0.2) is 0 Å². The van der Waals surface area contributed by atoms with Gasteiger partial charge in [0.25, 0.3) is 5.91 Å². The number of hydrogen-bond acceptors (Lipinski definition) is 4. The number of nitrogens with zero attached hydrogens (tertiary/aromatic N) is 2. The molecule has 2 aromatic rings. The molecule has 1 saturated carbocycles. The van der Waals surface area contributed by atoms with Crippen LogP contribution >= 0.6 is 11.9 Å². The number of aryl methyl sites for hydroxylation is 1. The highest BCUT2D eigenvalue weighted by Crippen LogP contribution is 2.40. The summed E-state index contributed by atoms with van der Waals surface area (Å²) in [5.41, 5.74) is 2.93. The van der Waals surface area contributed by atoms with E-state index in [9.17, 15) is 9.00 Å². The minimum atomic E-state index is -1.20. The number of benzene rings is 2. The van der Waals surface area contributed by atoms with Crippen LogP contribution in [-0.2, 0) is 11.0 Å². The molecule has 0 spiro atoms. The Balaban J connectivity index is 0.00000158. The molecule has 2 fully saturated rings. The second-order valence-electron chi connectivity index (χ2n) is 8.97. The molecule has 7 heteroatoms. The van der Waals surface area contributed by atoms with Crippen LogP contribution in [0.4, 0.5) is 11.4 Å². The number of hydrogen-bond donors (Lipinski definition) is 1. The van der Waals surface area contributed by atoms with Gasteiger partial charge in [-0.1, -0.05) is 44.7 Å². The van der Waals surface area contributed by atoms with Crippen molar-refractivity contribution in [2.45, 2.75) is 57.8 Å². The first-order chi connectivity index (χ1) is 16.4. The molecule has 4 rings (SSSR count). The first kappa shape index (κ1) is 26.8. The van der Waals surface area contributed by atoms with Crippen molar-refractivity contribution >= 4 is 40.2 Å². The number of anilines is 2. The third-order valence-electron chi connectivity index (χ3n) is 6.78. The summed E-state index contributed by atoms with van der Waals surface area (Å²) in [5, 5.41) is 2.99. The van der Waals surface area contributed by atoms with Gasteiger partial charge in [0.05, 0.1) is 11.3 Å². The molecule has 186 valence electrons. The van der Waals surface area contributed by atoms with Crippen LogP contribution in [0.5, 0.6) is 0 Å². The molecular formula is C27H39N3O2S2.